The van der Waals surface area contributed by atoms with Crippen molar-refractivity contribution in [2.75, 3.05) is 0 Å². The van der Waals surface area contributed by atoms with Gasteiger partial charge in [0.2, 0.25) is 0 Å². The average molecular weight is 239 g/mol. The van der Waals surface area contributed by atoms with Gasteiger partial charge in [-0.3, -0.25) is 5.10 Å². The molecule has 1 saturated carbocycles. The Morgan fingerprint density at radius 2 is 2.00 bits per heavy atom. The van der Waals surface area contributed by atoms with Crippen molar-refractivity contribution in [3.63, 3.8) is 0 Å². The molecule has 0 amide bonds. The molecule has 0 atom stereocenters. The molecule has 16 heavy (non-hydrogen) atoms. The normalized spacial score (nSPS) is 18.4. The molecule has 1 aromatic heterocycles. The van der Waals surface area contributed by atoms with E-state index in [0.717, 1.165) is 23.1 Å². The molecule has 1 aromatic rings. The Labute approximate surface area is 102 Å². The predicted octanol–water partition coefficient (Wildman–Crippen LogP) is 3.50. The third kappa shape index (κ3) is 1.95. The molecule has 1 fully saturated rings. The molecule has 3 nitrogen and oxygen atoms in total. The molecule has 4 heteroatoms. The summed E-state index contributed by atoms with van der Waals surface area (Å²) >= 11 is 5.32. The van der Waals surface area contributed by atoms with Crippen molar-refractivity contribution in [3.8, 4) is 0 Å². The van der Waals surface area contributed by atoms with Gasteiger partial charge in [-0.15, -0.1) is 0 Å². The zero-order valence-corrected chi connectivity index (χ0v) is 11.4. The molecule has 0 unspecified atom stereocenters. The van der Waals surface area contributed by atoms with Gasteiger partial charge in [0, 0.05) is 12.5 Å². The molecule has 0 spiro atoms. The van der Waals surface area contributed by atoms with E-state index in [9.17, 15) is 0 Å². The molecule has 0 aromatic carbocycles. The highest BCUT2D eigenvalue weighted by Crippen LogP contribution is 2.53. The Morgan fingerprint density at radius 1 is 1.38 bits per heavy atom. The molecule has 2 rings (SSSR count). The quantitative estimate of drug-likeness (QED) is 0.816. The minimum Gasteiger partial charge on any atom is -0.303 e. The fraction of sp³-hybridized carbons (Fsp3) is 0.833. The summed E-state index contributed by atoms with van der Waals surface area (Å²) < 4.78 is 2.98. The fourth-order valence-electron chi connectivity index (χ4n) is 2.32. The van der Waals surface area contributed by atoms with Crippen LogP contribution in [0.3, 0.4) is 0 Å². The van der Waals surface area contributed by atoms with Gasteiger partial charge >= 0.3 is 0 Å². The number of hydrogen-bond acceptors (Lipinski definition) is 2. The van der Waals surface area contributed by atoms with E-state index in [1.807, 2.05) is 0 Å². The van der Waals surface area contributed by atoms with E-state index >= 15 is 0 Å². The zero-order valence-electron chi connectivity index (χ0n) is 10.6. The molecular weight excluding hydrogens is 218 g/mol. The first-order valence-corrected chi connectivity index (χ1v) is 6.52. The molecule has 0 radical (unpaired) electrons. The first kappa shape index (κ1) is 11.8. The smallest absolute Gasteiger partial charge is 0.195 e. The molecule has 1 N–H and O–H groups in total. The van der Waals surface area contributed by atoms with Crippen molar-refractivity contribution in [3.05, 3.63) is 10.6 Å². The predicted molar refractivity (Wildman–Crippen MR) is 68.0 cm³/mol. The molecule has 1 aliphatic carbocycles. The number of nitrogens with one attached hydrogen (secondary N) is 1. The van der Waals surface area contributed by atoms with Gasteiger partial charge in [0.05, 0.1) is 0 Å². The van der Waals surface area contributed by atoms with Gasteiger partial charge in [-0.05, 0) is 36.4 Å². The van der Waals surface area contributed by atoms with Crippen LogP contribution in [-0.2, 0) is 6.54 Å². The maximum Gasteiger partial charge on any atom is 0.195 e. The molecular formula is C12H21N3S. The summed E-state index contributed by atoms with van der Waals surface area (Å²) in [6.45, 7) is 9.98. The number of aromatic amines is 1. The lowest BCUT2D eigenvalue weighted by Gasteiger charge is -2.21. The minimum atomic E-state index is 0.427. The van der Waals surface area contributed by atoms with Crippen molar-refractivity contribution >= 4 is 12.2 Å². The van der Waals surface area contributed by atoms with Crippen molar-refractivity contribution in [2.24, 2.45) is 11.3 Å². The Hall–Kier alpha value is -0.640. The first-order chi connectivity index (χ1) is 7.46. The van der Waals surface area contributed by atoms with Crippen LogP contribution in [0.4, 0.5) is 0 Å². The zero-order chi connectivity index (χ0) is 11.9. The lowest BCUT2D eigenvalue weighted by molar-refractivity contribution is 0.302. The van der Waals surface area contributed by atoms with Gasteiger partial charge in [0.1, 0.15) is 5.82 Å². The second-order valence-electron chi connectivity index (χ2n) is 5.64. The number of H-pyrrole nitrogens is 1. The second kappa shape index (κ2) is 3.99. The number of hydrogen-bond donors (Lipinski definition) is 1. The summed E-state index contributed by atoms with van der Waals surface area (Å²) in [6, 6.07) is 0. The van der Waals surface area contributed by atoms with Crippen LogP contribution >= 0.6 is 12.2 Å². The Morgan fingerprint density at radius 3 is 2.44 bits per heavy atom. The molecule has 0 aliphatic heterocycles. The highest BCUT2D eigenvalue weighted by molar-refractivity contribution is 7.71. The van der Waals surface area contributed by atoms with Crippen LogP contribution in [0.5, 0.6) is 0 Å². The standard InChI is InChI=1S/C12H21N3S/c1-8(2)10-13-14-11(16)15(10)7-12(5-6-12)9(3)4/h8-9H,5-7H2,1-4H3,(H,14,16). The van der Waals surface area contributed by atoms with E-state index in [4.69, 9.17) is 12.2 Å². The summed E-state index contributed by atoms with van der Waals surface area (Å²) in [5, 5.41) is 7.26. The third-order valence-corrected chi connectivity index (χ3v) is 4.21. The molecule has 1 aliphatic rings. The Kier molecular flexibility index (Phi) is 2.95. The molecule has 0 saturated heterocycles. The van der Waals surface area contributed by atoms with Crippen molar-refractivity contribution in [1.29, 1.82) is 0 Å². The molecule has 0 bridgehead atoms. The van der Waals surface area contributed by atoms with E-state index in [-0.39, 0.29) is 0 Å². The van der Waals surface area contributed by atoms with Gasteiger partial charge in [0.25, 0.3) is 0 Å². The monoisotopic (exact) mass is 239 g/mol. The van der Waals surface area contributed by atoms with Crippen molar-refractivity contribution in [2.45, 2.75) is 53.0 Å². The van der Waals surface area contributed by atoms with E-state index in [0.29, 0.717) is 11.3 Å². The van der Waals surface area contributed by atoms with Crippen LogP contribution < -0.4 is 0 Å². The van der Waals surface area contributed by atoms with E-state index < -0.39 is 0 Å². The topological polar surface area (TPSA) is 33.6 Å². The van der Waals surface area contributed by atoms with Gasteiger partial charge in [-0.2, -0.15) is 5.10 Å². The highest BCUT2D eigenvalue weighted by atomic mass is 32.1. The van der Waals surface area contributed by atoms with Crippen LogP contribution in [0.1, 0.15) is 52.3 Å². The van der Waals surface area contributed by atoms with E-state index in [2.05, 4.69) is 42.5 Å². The number of aromatic nitrogens is 3. The molecule has 1 heterocycles. The van der Waals surface area contributed by atoms with Gasteiger partial charge in [-0.1, -0.05) is 27.7 Å². The van der Waals surface area contributed by atoms with Gasteiger partial charge in [0.15, 0.2) is 4.77 Å². The number of rotatable bonds is 4. The maximum absolute atomic E-state index is 5.32. The largest absolute Gasteiger partial charge is 0.303 e. The summed E-state index contributed by atoms with van der Waals surface area (Å²) in [7, 11) is 0. The summed E-state index contributed by atoms with van der Waals surface area (Å²) in [6.07, 6.45) is 2.66. The third-order valence-electron chi connectivity index (χ3n) is 3.89. The van der Waals surface area contributed by atoms with Crippen LogP contribution in [0.15, 0.2) is 0 Å². The minimum absolute atomic E-state index is 0.427. The van der Waals surface area contributed by atoms with Crippen molar-refractivity contribution in [1.82, 2.24) is 14.8 Å². The highest BCUT2D eigenvalue weighted by Gasteiger charge is 2.46. The van der Waals surface area contributed by atoms with Gasteiger partial charge in [-0.25, -0.2) is 0 Å². The summed E-state index contributed by atoms with van der Waals surface area (Å²) in [5.74, 6) is 2.25. The average Bonchev–Trinajstić information content (AvgIpc) is 2.88. The Balaban J connectivity index is 2.28. The van der Waals surface area contributed by atoms with Crippen LogP contribution in [0.2, 0.25) is 0 Å². The summed E-state index contributed by atoms with van der Waals surface area (Å²) in [5.41, 5.74) is 0.478. The van der Waals surface area contributed by atoms with Crippen molar-refractivity contribution < 1.29 is 0 Å². The first-order valence-electron chi connectivity index (χ1n) is 6.11. The van der Waals surface area contributed by atoms with Crippen LogP contribution in [0, 0.1) is 16.1 Å². The Bertz CT molecular complexity index is 424. The maximum atomic E-state index is 5.32. The van der Waals surface area contributed by atoms with E-state index in [1.54, 1.807) is 0 Å². The summed E-state index contributed by atoms with van der Waals surface area (Å²) in [4.78, 5) is 0. The lowest BCUT2D eigenvalue weighted by atomic mass is 9.92. The molecule has 90 valence electrons. The van der Waals surface area contributed by atoms with Crippen LogP contribution in [-0.4, -0.2) is 14.8 Å². The SMILES string of the molecule is CC(C)c1n[nH]c(=S)n1CC1(C(C)C)CC1. The van der Waals surface area contributed by atoms with E-state index in [1.165, 1.54) is 12.8 Å². The lowest BCUT2D eigenvalue weighted by Crippen LogP contribution is -2.19. The fourth-order valence-corrected chi connectivity index (χ4v) is 2.52. The number of nitrogens with zero attached hydrogens (tertiary/aromatic N) is 2. The van der Waals surface area contributed by atoms with Crippen LogP contribution in [0.25, 0.3) is 0 Å². The second-order valence-corrected chi connectivity index (χ2v) is 6.03. The van der Waals surface area contributed by atoms with Gasteiger partial charge < -0.3 is 4.57 Å².